The van der Waals surface area contributed by atoms with Gasteiger partial charge in [0.25, 0.3) is 0 Å². The molecule has 0 spiro atoms. The number of rotatable bonds is 4. The van der Waals surface area contributed by atoms with Gasteiger partial charge in [-0.3, -0.25) is 14.6 Å². The lowest BCUT2D eigenvalue weighted by atomic mass is 10.1. The van der Waals surface area contributed by atoms with Gasteiger partial charge in [0.05, 0.1) is 12.5 Å². The summed E-state index contributed by atoms with van der Waals surface area (Å²) in [5.41, 5.74) is 0.925. The molecule has 4 heteroatoms. The van der Waals surface area contributed by atoms with E-state index in [2.05, 4.69) is 10.3 Å². The molecule has 0 aliphatic heterocycles. The van der Waals surface area contributed by atoms with Gasteiger partial charge in [0.15, 0.2) is 0 Å². The van der Waals surface area contributed by atoms with Crippen molar-refractivity contribution in [1.29, 1.82) is 0 Å². The van der Waals surface area contributed by atoms with Gasteiger partial charge in [0, 0.05) is 12.4 Å². The first-order valence-electron chi connectivity index (χ1n) is 4.78. The fourth-order valence-corrected chi connectivity index (χ4v) is 1.23. The van der Waals surface area contributed by atoms with E-state index in [9.17, 15) is 9.59 Å². The van der Waals surface area contributed by atoms with Crippen molar-refractivity contribution in [3.63, 3.8) is 0 Å². The molecule has 15 heavy (non-hydrogen) atoms. The van der Waals surface area contributed by atoms with Crippen molar-refractivity contribution >= 4 is 11.7 Å². The Hall–Kier alpha value is -1.71. The third-order valence-electron chi connectivity index (χ3n) is 1.97. The molecule has 1 N–H and O–H groups in total. The molecular formula is C11H14N2O2. The number of pyridine rings is 1. The molecule has 0 fully saturated rings. The minimum absolute atomic E-state index is 0.0649. The molecule has 0 saturated carbocycles. The molecule has 4 nitrogen and oxygen atoms in total. The largest absolute Gasteiger partial charge is 0.349 e. The second kappa shape index (κ2) is 5.24. The van der Waals surface area contributed by atoms with Crippen LogP contribution in [-0.2, 0) is 9.59 Å². The molecule has 1 heterocycles. The molecule has 0 aliphatic rings. The van der Waals surface area contributed by atoms with E-state index in [1.165, 1.54) is 6.92 Å². The Morgan fingerprint density at radius 1 is 1.53 bits per heavy atom. The zero-order chi connectivity index (χ0) is 11.3. The minimum Gasteiger partial charge on any atom is -0.349 e. The monoisotopic (exact) mass is 206 g/mol. The molecule has 1 atom stereocenters. The van der Waals surface area contributed by atoms with Gasteiger partial charge < -0.3 is 5.32 Å². The van der Waals surface area contributed by atoms with Gasteiger partial charge in [-0.05, 0) is 25.5 Å². The second-order valence-electron chi connectivity index (χ2n) is 3.45. The van der Waals surface area contributed by atoms with Crippen molar-refractivity contribution < 1.29 is 9.59 Å². The molecule has 0 aromatic carbocycles. The summed E-state index contributed by atoms with van der Waals surface area (Å²) in [6.45, 7) is 3.25. The van der Waals surface area contributed by atoms with E-state index in [4.69, 9.17) is 0 Å². The number of Topliss-reactive ketones (excluding diaryl/α,β-unsaturated/α-hetero) is 1. The van der Waals surface area contributed by atoms with Crippen molar-refractivity contribution in [3.05, 3.63) is 30.1 Å². The van der Waals surface area contributed by atoms with Crippen LogP contribution in [0.2, 0.25) is 0 Å². The summed E-state index contributed by atoms with van der Waals surface area (Å²) < 4.78 is 0. The van der Waals surface area contributed by atoms with Gasteiger partial charge >= 0.3 is 0 Å². The molecule has 0 radical (unpaired) electrons. The first kappa shape index (κ1) is 11.4. The van der Waals surface area contributed by atoms with Crippen LogP contribution in [0.4, 0.5) is 0 Å². The van der Waals surface area contributed by atoms with E-state index in [1.54, 1.807) is 12.4 Å². The lowest BCUT2D eigenvalue weighted by molar-refractivity contribution is -0.127. The van der Waals surface area contributed by atoms with Gasteiger partial charge in [0.2, 0.25) is 5.91 Å². The van der Waals surface area contributed by atoms with Crippen LogP contribution in [-0.4, -0.2) is 16.7 Å². The Labute approximate surface area is 88.7 Å². The van der Waals surface area contributed by atoms with E-state index in [0.29, 0.717) is 0 Å². The maximum Gasteiger partial charge on any atom is 0.227 e. The number of amides is 1. The summed E-state index contributed by atoms with van der Waals surface area (Å²) in [5, 5.41) is 2.73. The first-order valence-corrected chi connectivity index (χ1v) is 4.78. The number of hydrogen-bond donors (Lipinski definition) is 1. The topological polar surface area (TPSA) is 59.1 Å². The van der Waals surface area contributed by atoms with Gasteiger partial charge in [-0.2, -0.15) is 0 Å². The van der Waals surface area contributed by atoms with Crippen LogP contribution in [0.3, 0.4) is 0 Å². The highest BCUT2D eigenvalue weighted by atomic mass is 16.2. The number of hydrogen-bond acceptors (Lipinski definition) is 3. The van der Waals surface area contributed by atoms with Crippen molar-refractivity contribution in [3.8, 4) is 0 Å². The molecule has 1 amide bonds. The summed E-state index contributed by atoms with van der Waals surface area (Å²) in [7, 11) is 0. The van der Waals surface area contributed by atoms with Gasteiger partial charge in [-0.15, -0.1) is 0 Å². The summed E-state index contributed by atoms with van der Waals surface area (Å²) in [5.74, 6) is -0.385. The van der Waals surface area contributed by atoms with E-state index in [0.717, 1.165) is 5.56 Å². The van der Waals surface area contributed by atoms with Crippen LogP contribution in [0, 0.1) is 0 Å². The Bertz CT molecular complexity index is 349. The van der Waals surface area contributed by atoms with Crippen molar-refractivity contribution in [2.45, 2.75) is 26.3 Å². The number of ketones is 1. The molecule has 0 saturated heterocycles. The predicted molar refractivity (Wildman–Crippen MR) is 56.1 cm³/mol. The maximum absolute atomic E-state index is 11.3. The van der Waals surface area contributed by atoms with Gasteiger partial charge in [-0.25, -0.2) is 0 Å². The minimum atomic E-state index is -0.251. The van der Waals surface area contributed by atoms with Gasteiger partial charge in [0.1, 0.15) is 5.78 Å². The lowest BCUT2D eigenvalue weighted by Crippen LogP contribution is -2.27. The smallest absolute Gasteiger partial charge is 0.227 e. The quantitative estimate of drug-likeness (QED) is 0.754. The first-order chi connectivity index (χ1) is 7.09. The maximum atomic E-state index is 11.3. The van der Waals surface area contributed by atoms with Crippen LogP contribution in [0.15, 0.2) is 24.5 Å². The summed E-state index contributed by atoms with van der Waals surface area (Å²) >= 11 is 0. The Kier molecular flexibility index (Phi) is 3.97. The molecule has 1 aromatic heterocycles. The summed E-state index contributed by atoms with van der Waals surface area (Å²) in [4.78, 5) is 25.9. The molecule has 0 aliphatic carbocycles. The molecule has 1 unspecified atom stereocenters. The molecule has 1 rings (SSSR count). The molecular weight excluding hydrogens is 192 g/mol. The van der Waals surface area contributed by atoms with Crippen LogP contribution in [0.25, 0.3) is 0 Å². The highest BCUT2D eigenvalue weighted by Crippen LogP contribution is 2.09. The number of nitrogens with zero attached hydrogens (tertiary/aromatic N) is 1. The lowest BCUT2D eigenvalue weighted by Gasteiger charge is -2.12. The average molecular weight is 206 g/mol. The van der Waals surface area contributed by atoms with Crippen molar-refractivity contribution in [2.75, 3.05) is 0 Å². The molecule has 0 bridgehead atoms. The number of nitrogens with one attached hydrogen (secondary N) is 1. The highest BCUT2D eigenvalue weighted by molar-refractivity contribution is 5.96. The third kappa shape index (κ3) is 3.89. The van der Waals surface area contributed by atoms with Crippen LogP contribution in [0.1, 0.15) is 31.9 Å². The van der Waals surface area contributed by atoms with Crippen molar-refractivity contribution in [2.24, 2.45) is 0 Å². The van der Waals surface area contributed by atoms with E-state index in [-0.39, 0.29) is 24.2 Å². The standard InChI is InChI=1S/C11H14N2O2/c1-8(14)6-11(15)13-9(2)10-4-3-5-12-7-10/h3-5,7,9H,6H2,1-2H3,(H,13,15). The van der Waals surface area contributed by atoms with Gasteiger partial charge in [-0.1, -0.05) is 6.07 Å². The van der Waals surface area contributed by atoms with E-state index in [1.807, 2.05) is 19.1 Å². The summed E-state index contributed by atoms with van der Waals surface area (Å²) in [6.07, 6.45) is 3.30. The number of carbonyl (C=O) groups excluding carboxylic acids is 2. The summed E-state index contributed by atoms with van der Waals surface area (Å²) in [6, 6.07) is 3.57. The Morgan fingerprint density at radius 2 is 2.27 bits per heavy atom. The third-order valence-corrected chi connectivity index (χ3v) is 1.97. The fourth-order valence-electron chi connectivity index (χ4n) is 1.23. The Balaban J connectivity index is 2.53. The normalized spacial score (nSPS) is 11.9. The second-order valence-corrected chi connectivity index (χ2v) is 3.45. The SMILES string of the molecule is CC(=O)CC(=O)NC(C)c1cccnc1. The molecule has 80 valence electrons. The van der Waals surface area contributed by atoms with Crippen LogP contribution in [0.5, 0.6) is 0 Å². The number of carbonyl (C=O) groups is 2. The molecule has 1 aromatic rings. The Morgan fingerprint density at radius 3 is 2.80 bits per heavy atom. The van der Waals surface area contributed by atoms with E-state index < -0.39 is 0 Å². The fraction of sp³-hybridized carbons (Fsp3) is 0.364. The highest BCUT2D eigenvalue weighted by Gasteiger charge is 2.10. The van der Waals surface area contributed by atoms with Crippen LogP contribution >= 0.6 is 0 Å². The number of aromatic nitrogens is 1. The average Bonchev–Trinajstić information content (AvgIpc) is 2.17. The zero-order valence-corrected chi connectivity index (χ0v) is 8.86. The van der Waals surface area contributed by atoms with E-state index >= 15 is 0 Å². The zero-order valence-electron chi connectivity index (χ0n) is 8.86. The van der Waals surface area contributed by atoms with Crippen molar-refractivity contribution in [1.82, 2.24) is 10.3 Å². The predicted octanol–water partition coefficient (Wildman–Crippen LogP) is 1.24. The van der Waals surface area contributed by atoms with Crippen LogP contribution < -0.4 is 5.32 Å².